The van der Waals surface area contributed by atoms with E-state index in [1.165, 1.54) is 0 Å². The molecule has 1 heterocycles. The highest BCUT2D eigenvalue weighted by Gasteiger charge is 2.00. The minimum Gasteiger partial charge on any atom is -0.189 e. The Morgan fingerprint density at radius 2 is 2.22 bits per heavy atom. The fourth-order valence-electron chi connectivity index (χ4n) is 0.354. The zero-order valence-corrected chi connectivity index (χ0v) is 4.91. The van der Waals surface area contributed by atoms with Crippen LogP contribution in [0.3, 0.4) is 0 Å². The molecule has 0 aliphatic heterocycles. The Morgan fingerprint density at radius 3 is 2.67 bits per heavy atom. The number of hydrogen-bond donors (Lipinski definition) is 0. The molecule has 0 saturated carbocycles. The minimum atomic E-state index is -1.01. The van der Waals surface area contributed by atoms with E-state index in [2.05, 4.69) is 4.98 Å². The summed E-state index contributed by atoms with van der Waals surface area (Å²) in [5.41, 5.74) is 0. The summed E-state index contributed by atoms with van der Waals surface area (Å²) in [6.45, 7) is 0. The maximum Gasteiger partial charge on any atom is 0.234 e. The van der Waals surface area contributed by atoms with Crippen LogP contribution in [0.25, 0.3) is 0 Å². The Labute approximate surface area is 55.3 Å². The molecule has 4 heteroatoms. The van der Waals surface area contributed by atoms with Crippen molar-refractivity contribution in [2.75, 3.05) is 0 Å². The van der Waals surface area contributed by atoms with Crippen molar-refractivity contribution >= 4 is 11.6 Å². The van der Waals surface area contributed by atoms with Crippen molar-refractivity contribution in [1.82, 2.24) is 4.98 Å². The zero-order chi connectivity index (χ0) is 6.85. The first-order valence-electron chi connectivity index (χ1n) is 2.09. The van der Waals surface area contributed by atoms with E-state index in [1.807, 2.05) is 6.07 Å². The molecule has 1 rings (SSSR count). The molecule has 1 radical (unpaired) electrons. The summed E-state index contributed by atoms with van der Waals surface area (Å²) in [4.78, 5) is 2.75. The smallest absolute Gasteiger partial charge is 0.189 e. The molecule has 0 saturated heterocycles. The number of hydrogen-bond acceptors (Lipinski definition) is 1. The standard InChI is InChI=1S/C5HClF2N/c6-3-1-2-4(7)9-5(3)8/h1H. The Morgan fingerprint density at radius 1 is 1.56 bits per heavy atom. The second kappa shape index (κ2) is 2.27. The van der Waals surface area contributed by atoms with Gasteiger partial charge in [0.2, 0.25) is 11.9 Å². The summed E-state index contributed by atoms with van der Waals surface area (Å²) in [6, 6.07) is 2.98. The molecule has 0 bridgehead atoms. The van der Waals surface area contributed by atoms with Crippen molar-refractivity contribution in [3.8, 4) is 0 Å². The number of aromatic nitrogens is 1. The highest BCUT2D eigenvalue weighted by Crippen LogP contribution is 2.10. The molecule has 47 valence electrons. The number of halogens is 3. The van der Waals surface area contributed by atoms with Crippen molar-refractivity contribution in [3.63, 3.8) is 0 Å². The van der Waals surface area contributed by atoms with Crippen LogP contribution in [0, 0.1) is 18.0 Å². The summed E-state index contributed by atoms with van der Waals surface area (Å²) < 4.78 is 24.0. The fraction of sp³-hybridized carbons (Fsp3) is 0. The van der Waals surface area contributed by atoms with E-state index < -0.39 is 11.9 Å². The molecule has 0 aromatic carbocycles. The van der Waals surface area contributed by atoms with E-state index >= 15 is 0 Å². The van der Waals surface area contributed by atoms with E-state index in [0.717, 1.165) is 6.07 Å². The van der Waals surface area contributed by atoms with Crippen LogP contribution in [-0.2, 0) is 0 Å². The Bertz CT molecular complexity index is 226. The van der Waals surface area contributed by atoms with Crippen molar-refractivity contribution < 1.29 is 8.78 Å². The fourth-order valence-corrected chi connectivity index (χ4v) is 0.451. The minimum absolute atomic E-state index is 0.226. The first-order chi connectivity index (χ1) is 4.20. The van der Waals surface area contributed by atoms with Crippen LogP contribution in [0.4, 0.5) is 8.78 Å². The molecule has 1 aromatic heterocycles. The normalized spacial score (nSPS) is 9.67. The highest BCUT2D eigenvalue weighted by atomic mass is 35.5. The van der Waals surface area contributed by atoms with E-state index in [4.69, 9.17) is 11.6 Å². The predicted octanol–water partition coefficient (Wildman–Crippen LogP) is 1.81. The molecule has 0 aliphatic carbocycles. The van der Waals surface area contributed by atoms with Gasteiger partial charge in [-0.25, -0.2) is 0 Å². The lowest BCUT2D eigenvalue weighted by molar-refractivity contribution is 0.511. The van der Waals surface area contributed by atoms with Gasteiger partial charge in [0.25, 0.3) is 0 Å². The van der Waals surface area contributed by atoms with Crippen molar-refractivity contribution in [2.24, 2.45) is 0 Å². The summed E-state index contributed by atoms with van der Waals surface area (Å²) in [6.07, 6.45) is 0. The molecule has 9 heavy (non-hydrogen) atoms. The second-order valence-electron chi connectivity index (χ2n) is 1.33. The molecule has 0 spiro atoms. The van der Waals surface area contributed by atoms with Gasteiger partial charge in [-0.05, 0) is 6.07 Å². The second-order valence-corrected chi connectivity index (χ2v) is 1.74. The first-order valence-corrected chi connectivity index (χ1v) is 2.47. The first kappa shape index (κ1) is 6.42. The maximum absolute atomic E-state index is 12.1. The largest absolute Gasteiger partial charge is 0.234 e. The van der Waals surface area contributed by atoms with Gasteiger partial charge in [-0.2, -0.15) is 13.8 Å². The van der Waals surface area contributed by atoms with E-state index in [1.54, 1.807) is 0 Å². The van der Waals surface area contributed by atoms with Crippen LogP contribution in [-0.4, -0.2) is 4.98 Å². The summed E-state index contributed by atoms with van der Waals surface area (Å²) in [5.74, 6) is -2.00. The maximum atomic E-state index is 12.1. The van der Waals surface area contributed by atoms with Gasteiger partial charge in [-0.15, -0.1) is 0 Å². The van der Waals surface area contributed by atoms with Gasteiger partial charge < -0.3 is 0 Å². The van der Waals surface area contributed by atoms with Crippen molar-refractivity contribution in [3.05, 3.63) is 29.1 Å². The van der Waals surface area contributed by atoms with Crippen LogP contribution in [0.1, 0.15) is 0 Å². The number of nitrogens with zero attached hydrogens (tertiary/aromatic N) is 1. The molecule has 0 N–H and O–H groups in total. The lowest BCUT2D eigenvalue weighted by atomic mass is 10.5. The molecular formula is C5HClF2N. The number of rotatable bonds is 0. The van der Waals surface area contributed by atoms with Crippen LogP contribution in [0.15, 0.2) is 6.07 Å². The molecule has 0 aliphatic rings. The van der Waals surface area contributed by atoms with Gasteiger partial charge in [-0.3, -0.25) is 0 Å². The molecule has 1 nitrogen and oxygen atoms in total. The zero-order valence-electron chi connectivity index (χ0n) is 4.16. The van der Waals surface area contributed by atoms with Gasteiger partial charge in [-0.1, -0.05) is 11.6 Å². The lowest BCUT2D eigenvalue weighted by Gasteiger charge is -1.88. The quantitative estimate of drug-likeness (QED) is 0.512. The topological polar surface area (TPSA) is 12.9 Å². The van der Waals surface area contributed by atoms with E-state index in [9.17, 15) is 8.78 Å². The van der Waals surface area contributed by atoms with Crippen LogP contribution in [0.5, 0.6) is 0 Å². The van der Waals surface area contributed by atoms with Crippen molar-refractivity contribution in [2.45, 2.75) is 0 Å². The predicted molar refractivity (Wildman–Crippen MR) is 28.0 cm³/mol. The van der Waals surface area contributed by atoms with Crippen molar-refractivity contribution in [1.29, 1.82) is 0 Å². The Balaban J connectivity index is 3.17. The van der Waals surface area contributed by atoms with Crippen LogP contribution >= 0.6 is 11.6 Å². The van der Waals surface area contributed by atoms with Crippen LogP contribution < -0.4 is 0 Å². The van der Waals surface area contributed by atoms with E-state index in [-0.39, 0.29) is 5.02 Å². The summed E-state index contributed by atoms with van der Waals surface area (Å²) in [7, 11) is 0. The third-order valence-corrected chi connectivity index (χ3v) is 0.976. The average molecular weight is 149 g/mol. The third-order valence-electron chi connectivity index (χ3n) is 0.711. The molecule has 0 fully saturated rings. The molecule has 1 aromatic rings. The Kier molecular flexibility index (Phi) is 1.62. The van der Waals surface area contributed by atoms with Gasteiger partial charge in [0.15, 0.2) is 0 Å². The van der Waals surface area contributed by atoms with E-state index in [0.29, 0.717) is 0 Å². The van der Waals surface area contributed by atoms with Gasteiger partial charge in [0.05, 0.1) is 5.02 Å². The average Bonchev–Trinajstić information content (AvgIpc) is 1.80. The monoisotopic (exact) mass is 148 g/mol. The highest BCUT2D eigenvalue weighted by molar-refractivity contribution is 6.30. The molecular weight excluding hydrogens is 148 g/mol. The van der Waals surface area contributed by atoms with Gasteiger partial charge in [0, 0.05) is 6.07 Å². The molecule has 0 atom stereocenters. The molecule has 0 amide bonds. The SMILES string of the molecule is Fc1[c]cc(Cl)c(F)n1. The third kappa shape index (κ3) is 1.36. The summed E-state index contributed by atoms with van der Waals surface area (Å²) >= 11 is 5.15. The summed E-state index contributed by atoms with van der Waals surface area (Å²) in [5, 5.41) is -0.226. The van der Waals surface area contributed by atoms with Gasteiger partial charge >= 0.3 is 0 Å². The lowest BCUT2D eigenvalue weighted by Crippen LogP contribution is -1.87. The van der Waals surface area contributed by atoms with Gasteiger partial charge in [0.1, 0.15) is 0 Å². The van der Waals surface area contributed by atoms with Crippen LogP contribution in [0.2, 0.25) is 5.02 Å². The number of pyridine rings is 1. The Hall–Kier alpha value is -0.700. The molecule has 0 unspecified atom stereocenters.